The van der Waals surface area contributed by atoms with E-state index in [1.165, 1.54) is 6.07 Å². The number of rotatable bonds is 2. The van der Waals surface area contributed by atoms with E-state index in [2.05, 4.69) is 4.98 Å². The Morgan fingerprint density at radius 1 is 1.35 bits per heavy atom. The molecular weight excluding hydrogens is 251 g/mol. The van der Waals surface area contributed by atoms with Crippen molar-refractivity contribution in [1.82, 2.24) is 9.38 Å². The summed E-state index contributed by atoms with van der Waals surface area (Å²) >= 11 is 0. The highest BCUT2D eigenvalue weighted by atomic mass is 31.2. The van der Waals surface area contributed by atoms with Crippen LogP contribution in [0.3, 0.4) is 0 Å². The third kappa shape index (κ3) is 1.78. The van der Waals surface area contributed by atoms with E-state index in [4.69, 9.17) is 14.9 Å². The lowest BCUT2D eigenvalue weighted by molar-refractivity contribution is 0.0685. The zero-order chi connectivity index (χ0) is 12.8. The zero-order valence-corrected chi connectivity index (χ0v) is 9.07. The molecule has 0 aliphatic rings. The molecule has 0 aliphatic carbocycles. The second-order valence-corrected chi connectivity index (χ2v) is 4.77. The summed E-state index contributed by atoms with van der Waals surface area (Å²) in [5.74, 6) is -2.11. The van der Waals surface area contributed by atoms with E-state index in [9.17, 15) is 14.5 Å². The van der Waals surface area contributed by atoms with Crippen molar-refractivity contribution in [3.63, 3.8) is 0 Å². The lowest BCUT2D eigenvalue weighted by atomic mass is 10.3. The van der Waals surface area contributed by atoms with Crippen LogP contribution in [-0.4, -0.2) is 35.4 Å². The van der Waals surface area contributed by atoms with Crippen LogP contribution in [-0.2, 0) is 4.57 Å². The van der Waals surface area contributed by atoms with Crippen molar-refractivity contribution in [2.75, 3.05) is 0 Å². The van der Waals surface area contributed by atoms with Crippen molar-refractivity contribution in [3.05, 3.63) is 24.0 Å². The highest BCUT2D eigenvalue weighted by Crippen LogP contribution is 2.34. The molecule has 4 N–H and O–H groups in total. The van der Waals surface area contributed by atoms with Crippen LogP contribution in [0.1, 0.15) is 10.5 Å². The zero-order valence-electron chi connectivity index (χ0n) is 8.18. The topological polar surface area (TPSA) is 132 Å². The number of fused-ring (bicyclic) bond motifs is 1. The maximum Gasteiger partial charge on any atom is 0.374 e. The minimum atomic E-state index is -4.68. The number of carboxylic acids is 1. The first-order chi connectivity index (χ1) is 7.82. The van der Waals surface area contributed by atoms with E-state index in [0.29, 0.717) is 0 Å². The van der Waals surface area contributed by atoms with Crippen LogP contribution < -0.4 is 5.44 Å². The average Bonchev–Trinajstić information content (AvgIpc) is 2.59. The van der Waals surface area contributed by atoms with Gasteiger partial charge in [-0.2, -0.15) is 0 Å². The summed E-state index contributed by atoms with van der Waals surface area (Å²) in [6.07, 6.45) is 0.877. The molecule has 0 unspecified atom stereocenters. The molecule has 17 heavy (non-hydrogen) atoms. The number of aromatic nitrogens is 2. The number of hydrogen-bond donors (Lipinski definition) is 4. The monoisotopic (exact) mass is 258 g/mol. The first kappa shape index (κ1) is 11.6. The van der Waals surface area contributed by atoms with Gasteiger partial charge in [-0.3, -0.25) is 8.97 Å². The molecule has 0 aromatic carbocycles. The Hall–Kier alpha value is -1.89. The van der Waals surface area contributed by atoms with Crippen molar-refractivity contribution >= 4 is 24.6 Å². The molecule has 0 bridgehead atoms. The second kappa shape index (κ2) is 3.56. The van der Waals surface area contributed by atoms with Crippen LogP contribution in [0.2, 0.25) is 0 Å². The molecular formula is C8H7N2O6P. The Kier molecular flexibility index (Phi) is 2.43. The molecule has 0 radical (unpaired) electrons. The Labute approximate surface area is 93.9 Å². The molecule has 0 spiro atoms. The molecule has 8 nitrogen and oxygen atoms in total. The van der Waals surface area contributed by atoms with Gasteiger partial charge in [0, 0.05) is 0 Å². The van der Waals surface area contributed by atoms with Crippen molar-refractivity contribution < 1.29 is 29.4 Å². The van der Waals surface area contributed by atoms with Gasteiger partial charge in [-0.15, -0.1) is 0 Å². The Bertz CT molecular complexity index is 657. The SMILES string of the molecule is O=C(O)c1c(O)ccc2ncc(P(=O)(O)O)n12. The van der Waals surface area contributed by atoms with E-state index in [-0.39, 0.29) is 5.65 Å². The molecule has 0 amide bonds. The minimum Gasteiger partial charge on any atom is -0.505 e. The van der Waals surface area contributed by atoms with E-state index in [0.717, 1.165) is 16.7 Å². The predicted octanol–water partition coefficient (Wildman–Crippen LogP) is -0.459. The van der Waals surface area contributed by atoms with Gasteiger partial charge in [0.1, 0.15) is 11.4 Å². The van der Waals surface area contributed by atoms with E-state index < -0.39 is 30.4 Å². The molecule has 0 aliphatic heterocycles. The molecule has 2 aromatic rings. The Balaban J connectivity index is 2.96. The number of imidazole rings is 1. The summed E-state index contributed by atoms with van der Waals surface area (Å²) in [5, 5.41) is 18.3. The third-order valence-corrected chi connectivity index (χ3v) is 3.04. The quantitative estimate of drug-likeness (QED) is 0.536. The van der Waals surface area contributed by atoms with Crippen LogP contribution in [0.4, 0.5) is 0 Å². The number of nitrogens with zero attached hydrogens (tertiary/aromatic N) is 2. The fourth-order valence-corrected chi connectivity index (χ4v) is 2.13. The molecule has 2 heterocycles. The first-order valence-electron chi connectivity index (χ1n) is 4.31. The fraction of sp³-hybridized carbons (Fsp3) is 0. The maximum atomic E-state index is 11.2. The largest absolute Gasteiger partial charge is 0.505 e. The van der Waals surface area contributed by atoms with Gasteiger partial charge in [0.2, 0.25) is 0 Å². The molecule has 0 saturated heterocycles. The molecule has 90 valence electrons. The number of carboxylic acid groups (broad SMARTS) is 1. The Morgan fingerprint density at radius 3 is 2.53 bits per heavy atom. The fourth-order valence-electron chi connectivity index (χ4n) is 1.46. The highest BCUT2D eigenvalue weighted by molar-refractivity contribution is 7.60. The number of aromatic hydroxyl groups is 1. The van der Waals surface area contributed by atoms with Gasteiger partial charge in [0.15, 0.2) is 11.1 Å². The number of aromatic carboxylic acids is 1. The van der Waals surface area contributed by atoms with E-state index in [1.54, 1.807) is 0 Å². The van der Waals surface area contributed by atoms with Gasteiger partial charge < -0.3 is 20.0 Å². The number of hydrogen-bond acceptors (Lipinski definition) is 4. The second-order valence-electron chi connectivity index (χ2n) is 3.23. The van der Waals surface area contributed by atoms with Crippen molar-refractivity contribution in [1.29, 1.82) is 0 Å². The normalized spacial score (nSPS) is 11.9. The van der Waals surface area contributed by atoms with Crippen molar-refractivity contribution in [2.45, 2.75) is 0 Å². The summed E-state index contributed by atoms with van der Waals surface area (Å²) in [6, 6.07) is 2.34. The van der Waals surface area contributed by atoms with Gasteiger partial charge in [-0.25, -0.2) is 9.78 Å². The van der Waals surface area contributed by atoms with Gasteiger partial charge >= 0.3 is 13.6 Å². The van der Waals surface area contributed by atoms with E-state index in [1.807, 2.05) is 0 Å². The lowest BCUT2D eigenvalue weighted by Gasteiger charge is -2.07. The lowest BCUT2D eigenvalue weighted by Crippen LogP contribution is -2.17. The molecule has 0 saturated carbocycles. The smallest absolute Gasteiger partial charge is 0.374 e. The van der Waals surface area contributed by atoms with Crippen molar-refractivity contribution in [3.8, 4) is 5.75 Å². The highest BCUT2D eigenvalue weighted by Gasteiger charge is 2.27. The van der Waals surface area contributed by atoms with Gasteiger partial charge in [0.25, 0.3) is 0 Å². The van der Waals surface area contributed by atoms with Gasteiger partial charge in [-0.1, -0.05) is 0 Å². The summed E-state index contributed by atoms with van der Waals surface area (Å²) in [6.45, 7) is 0. The summed E-state index contributed by atoms with van der Waals surface area (Å²) in [4.78, 5) is 32.7. The first-order valence-corrected chi connectivity index (χ1v) is 5.92. The van der Waals surface area contributed by atoms with Crippen molar-refractivity contribution in [2.24, 2.45) is 0 Å². The number of pyridine rings is 1. The minimum absolute atomic E-state index is 0.0264. The molecule has 0 fully saturated rings. The summed E-state index contributed by atoms with van der Waals surface area (Å²) < 4.78 is 11.9. The molecule has 2 rings (SSSR count). The average molecular weight is 258 g/mol. The van der Waals surface area contributed by atoms with Gasteiger partial charge in [-0.05, 0) is 12.1 Å². The van der Waals surface area contributed by atoms with Crippen LogP contribution >= 0.6 is 7.60 Å². The third-order valence-electron chi connectivity index (χ3n) is 2.13. The maximum absolute atomic E-state index is 11.2. The Morgan fingerprint density at radius 2 is 2.00 bits per heavy atom. The predicted molar refractivity (Wildman–Crippen MR) is 55.5 cm³/mol. The number of carbonyl (C=O) groups is 1. The molecule has 2 aromatic heterocycles. The summed E-state index contributed by atoms with van der Waals surface area (Å²) in [5.41, 5.74) is -1.20. The van der Waals surface area contributed by atoms with Crippen LogP contribution in [0.5, 0.6) is 5.75 Å². The standard InChI is InChI=1S/C8H7N2O6P/c11-4-1-2-5-9-3-6(17(14,15)16)10(5)7(4)8(12)13/h1-3,11H,(H,12,13)(H2,14,15,16). The molecule has 9 heteroatoms. The van der Waals surface area contributed by atoms with Crippen LogP contribution in [0.25, 0.3) is 5.65 Å². The van der Waals surface area contributed by atoms with Gasteiger partial charge in [0.05, 0.1) is 6.20 Å². The van der Waals surface area contributed by atoms with Crippen LogP contribution in [0.15, 0.2) is 18.3 Å². The molecule has 0 atom stereocenters. The summed E-state index contributed by atoms with van der Waals surface area (Å²) in [7, 11) is -4.68. The van der Waals surface area contributed by atoms with Crippen LogP contribution in [0, 0.1) is 0 Å². The van der Waals surface area contributed by atoms with E-state index >= 15 is 0 Å².